The van der Waals surface area contributed by atoms with E-state index in [1.54, 1.807) is 43.9 Å². The number of nitrogens with one attached hydrogen (secondary N) is 1. The van der Waals surface area contributed by atoms with Gasteiger partial charge in [0.15, 0.2) is 5.65 Å². The molecule has 1 atom stereocenters. The van der Waals surface area contributed by atoms with Crippen molar-refractivity contribution in [2.45, 2.75) is 50.2 Å². The van der Waals surface area contributed by atoms with Gasteiger partial charge in [-0.15, -0.1) is 0 Å². The SMILES string of the molecule is CC(C)(C)OC(=O)N1CCC[C@H](Nc2c([N+](=O)[O-])cnc3c2ccn3S(=O)(=O)c2ccccc2)C1. The van der Waals surface area contributed by atoms with Gasteiger partial charge >= 0.3 is 11.8 Å². The summed E-state index contributed by atoms with van der Waals surface area (Å²) < 4.78 is 32.8. The summed E-state index contributed by atoms with van der Waals surface area (Å²) >= 11 is 0. The van der Waals surface area contributed by atoms with Crippen LogP contribution in [-0.2, 0) is 14.8 Å². The number of hydrogen-bond donors (Lipinski definition) is 1. The Morgan fingerprint density at radius 1 is 1.23 bits per heavy atom. The van der Waals surface area contributed by atoms with Crippen molar-refractivity contribution in [3.05, 3.63) is 58.9 Å². The van der Waals surface area contributed by atoms with E-state index < -0.39 is 26.6 Å². The maximum absolute atomic E-state index is 13.2. The number of ether oxygens (including phenoxy) is 1. The van der Waals surface area contributed by atoms with Gasteiger partial charge in [-0.1, -0.05) is 18.2 Å². The van der Waals surface area contributed by atoms with Crippen molar-refractivity contribution in [1.29, 1.82) is 0 Å². The van der Waals surface area contributed by atoms with E-state index in [9.17, 15) is 23.3 Å². The number of amides is 1. The molecule has 0 aliphatic carbocycles. The topological polar surface area (TPSA) is 137 Å². The molecule has 12 heteroatoms. The van der Waals surface area contributed by atoms with Crippen molar-refractivity contribution < 1.29 is 22.9 Å². The van der Waals surface area contributed by atoms with Gasteiger partial charge < -0.3 is 15.0 Å². The van der Waals surface area contributed by atoms with Crippen LogP contribution >= 0.6 is 0 Å². The summed E-state index contributed by atoms with van der Waals surface area (Å²) in [6.45, 7) is 6.17. The Balaban J connectivity index is 1.69. The molecule has 186 valence electrons. The van der Waals surface area contributed by atoms with Crippen LogP contribution in [-0.4, -0.2) is 58.0 Å². The molecule has 0 spiro atoms. The van der Waals surface area contributed by atoms with Gasteiger partial charge in [0.2, 0.25) is 0 Å². The van der Waals surface area contributed by atoms with Crippen molar-refractivity contribution in [2.75, 3.05) is 18.4 Å². The smallest absolute Gasteiger partial charge is 0.410 e. The van der Waals surface area contributed by atoms with Gasteiger partial charge in [0.25, 0.3) is 10.0 Å². The Morgan fingerprint density at radius 3 is 2.60 bits per heavy atom. The zero-order valence-electron chi connectivity index (χ0n) is 19.7. The molecule has 11 nitrogen and oxygen atoms in total. The minimum Gasteiger partial charge on any atom is -0.444 e. The van der Waals surface area contributed by atoms with E-state index in [0.717, 1.165) is 10.2 Å². The molecule has 1 aliphatic rings. The normalized spacial score (nSPS) is 16.8. The van der Waals surface area contributed by atoms with Crippen molar-refractivity contribution >= 4 is 38.5 Å². The van der Waals surface area contributed by atoms with Gasteiger partial charge in [-0.25, -0.2) is 22.2 Å². The van der Waals surface area contributed by atoms with Crippen LogP contribution in [0.1, 0.15) is 33.6 Å². The average Bonchev–Trinajstić information content (AvgIpc) is 3.24. The highest BCUT2D eigenvalue weighted by atomic mass is 32.2. The molecule has 1 aliphatic heterocycles. The summed E-state index contributed by atoms with van der Waals surface area (Å²) in [5.41, 5.74) is -0.678. The maximum Gasteiger partial charge on any atom is 0.410 e. The number of nitro groups is 1. The predicted molar refractivity (Wildman–Crippen MR) is 130 cm³/mol. The molecule has 3 heterocycles. The van der Waals surface area contributed by atoms with Crippen LogP contribution in [0, 0.1) is 10.1 Å². The third-order valence-corrected chi connectivity index (χ3v) is 7.26. The zero-order chi connectivity index (χ0) is 25.4. The Hall–Kier alpha value is -3.67. The number of pyridine rings is 1. The molecular weight excluding hydrogens is 474 g/mol. The summed E-state index contributed by atoms with van der Waals surface area (Å²) in [6.07, 6.45) is 3.29. The van der Waals surface area contributed by atoms with E-state index >= 15 is 0 Å². The van der Waals surface area contributed by atoms with Gasteiger partial charge in [-0.3, -0.25) is 10.1 Å². The van der Waals surface area contributed by atoms with Crippen LogP contribution in [0.5, 0.6) is 0 Å². The third kappa shape index (κ3) is 5.06. The van der Waals surface area contributed by atoms with Crippen molar-refractivity contribution in [3.63, 3.8) is 0 Å². The lowest BCUT2D eigenvalue weighted by atomic mass is 10.1. The van der Waals surface area contributed by atoms with Crippen LogP contribution in [0.2, 0.25) is 0 Å². The number of carbonyl (C=O) groups is 1. The molecule has 4 rings (SSSR count). The summed E-state index contributed by atoms with van der Waals surface area (Å²) in [7, 11) is -3.96. The number of hydrogen-bond acceptors (Lipinski definition) is 8. The Labute approximate surface area is 202 Å². The summed E-state index contributed by atoms with van der Waals surface area (Å²) in [5, 5.41) is 15.3. The van der Waals surface area contributed by atoms with Crippen LogP contribution in [0.4, 0.5) is 16.2 Å². The lowest BCUT2D eigenvalue weighted by Crippen LogP contribution is -2.47. The first-order valence-electron chi connectivity index (χ1n) is 11.2. The standard InChI is InChI=1S/C23H27N5O6S/c1-23(2,3)34-22(29)26-12-7-8-16(15-26)25-20-18-11-13-27(21(18)24-14-19(20)28(30)31)35(32,33)17-9-5-4-6-10-17/h4-6,9-11,13-14,16H,7-8,12,15H2,1-3H3,(H,24,25)/t16-/m0/s1. The number of piperidine rings is 1. The van der Waals surface area contributed by atoms with E-state index in [0.29, 0.717) is 31.3 Å². The van der Waals surface area contributed by atoms with Crippen molar-refractivity contribution in [2.24, 2.45) is 0 Å². The Kier molecular flexibility index (Phi) is 6.41. The molecule has 1 saturated heterocycles. The van der Waals surface area contributed by atoms with E-state index in [1.165, 1.54) is 24.4 Å². The number of anilines is 1. The van der Waals surface area contributed by atoms with Crippen molar-refractivity contribution in [3.8, 4) is 0 Å². The number of rotatable bonds is 5. The van der Waals surface area contributed by atoms with Gasteiger partial charge in [-0.2, -0.15) is 0 Å². The highest BCUT2D eigenvalue weighted by molar-refractivity contribution is 7.90. The van der Waals surface area contributed by atoms with Crippen LogP contribution < -0.4 is 5.32 Å². The van der Waals surface area contributed by atoms with E-state index in [4.69, 9.17) is 4.74 Å². The molecule has 2 aromatic heterocycles. The molecule has 0 bridgehead atoms. The second-order valence-electron chi connectivity index (χ2n) is 9.35. The number of fused-ring (bicyclic) bond motifs is 1. The Morgan fingerprint density at radius 2 is 1.94 bits per heavy atom. The van der Waals surface area contributed by atoms with Gasteiger partial charge in [0.1, 0.15) is 17.5 Å². The molecule has 1 fully saturated rings. The molecule has 0 radical (unpaired) electrons. The van der Waals surface area contributed by atoms with Crippen LogP contribution in [0.15, 0.2) is 53.7 Å². The second-order valence-corrected chi connectivity index (χ2v) is 11.2. The quantitative estimate of drug-likeness (QED) is 0.409. The average molecular weight is 502 g/mol. The first kappa shape index (κ1) is 24.5. The highest BCUT2D eigenvalue weighted by Gasteiger charge is 2.31. The first-order chi connectivity index (χ1) is 16.5. The molecule has 3 aromatic rings. The van der Waals surface area contributed by atoms with E-state index in [1.807, 2.05) is 0 Å². The minimum atomic E-state index is -3.96. The van der Waals surface area contributed by atoms with Gasteiger partial charge in [0, 0.05) is 25.3 Å². The predicted octanol–water partition coefficient (Wildman–Crippen LogP) is 3.99. The number of benzene rings is 1. The summed E-state index contributed by atoms with van der Waals surface area (Å²) in [5.74, 6) is 0. The van der Waals surface area contributed by atoms with Crippen LogP contribution in [0.3, 0.4) is 0 Å². The minimum absolute atomic E-state index is 0.0711. The third-order valence-electron chi connectivity index (χ3n) is 5.58. The summed E-state index contributed by atoms with van der Waals surface area (Å²) in [6, 6.07) is 9.08. The molecular formula is C23H27N5O6S. The number of aromatic nitrogens is 2. The number of nitrogens with zero attached hydrogens (tertiary/aromatic N) is 4. The molecule has 0 unspecified atom stereocenters. The largest absolute Gasteiger partial charge is 0.444 e. The van der Waals surface area contributed by atoms with Crippen molar-refractivity contribution in [1.82, 2.24) is 13.9 Å². The zero-order valence-corrected chi connectivity index (χ0v) is 20.5. The fourth-order valence-corrected chi connectivity index (χ4v) is 5.36. The molecule has 1 amide bonds. The van der Waals surface area contributed by atoms with Crippen LogP contribution in [0.25, 0.3) is 11.0 Å². The molecule has 0 saturated carbocycles. The molecule has 35 heavy (non-hydrogen) atoms. The molecule has 1 N–H and O–H groups in total. The second kappa shape index (κ2) is 9.17. The fraction of sp³-hybridized carbons (Fsp3) is 0.391. The number of carbonyl (C=O) groups excluding carboxylic acids is 1. The highest BCUT2D eigenvalue weighted by Crippen LogP contribution is 2.35. The van der Waals surface area contributed by atoms with E-state index in [-0.39, 0.29) is 28.0 Å². The lowest BCUT2D eigenvalue weighted by Gasteiger charge is -2.34. The monoisotopic (exact) mass is 501 g/mol. The lowest BCUT2D eigenvalue weighted by molar-refractivity contribution is -0.384. The summed E-state index contributed by atoms with van der Waals surface area (Å²) in [4.78, 5) is 29.5. The fourth-order valence-electron chi connectivity index (χ4n) is 4.03. The maximum atomic E-state index is 13.2. The van der Waals surface area contributed by atoms with Gasteiger partial charge in [0.05, 0.1) is 15.2 Å². The molecule has 1 aromatic carbocycles. The first-order valence-corrected chi connectivity index (χ1v) is 12.6. The van der Waals surface area contributed by atoms with Gasteiger partial charge in [-0.05, 0) is 51.8 Å². The van der Waals surface area contributed by atoms with E-state index in [2.05, 4.69) is 10.3 Å². The Bertz CT molecular complexity index is 1360. The number of likely N-dealkylation sites (tertiary alicyclic amines) is 1.